The smallest absolute Gasteiger partial charge is 0.261 e. The molecule has 1 aromatic carbocycles. The first-order valence-electron chi connectivity index (χ1n) is 7.37. The molecule has 0 unspecified atom stereocenters. The quantitative estimate of drug-likeness (QED) is 0.616. The van der Waals surface area contributed by atoms with Gasteiger partial charge >= 0.3 is 0 Å². The molecule has 21 heavy (non-hydrogen) atoms. The summed E-state index contributed by atoms with van der Waals surface area (Å²) in [4.78, 5) is 37.0. The Hall–Kier alpha value is -2.17. The Morgan fingerprint density at radius 3 is 2.29 bits per heavy atom. The van der Waals surface area contributed by atoms with Gasteiger partial charge in [-0.25, -0.2) is 0 Å². The number of rotatable bonds is 7. The molecule has 1 heterocycles. The maximum Gasteiger partial charge on any atom is 0.261 e. The third-order valence-electron chi connectivity index (χ3n) is 3.52. The van der Waals surface area contributed by atoms with Crippen molar-refractivity contribution >= 4 is 17.7 Å². The molecule has 1 aromatic rings. The van der Waals surface area contributed by atoms with E-state index in [1.165, 1.54) is 4.90 Å². The lowest BCUT2D eigenvalue weighted by atomic mass is 10.1. The zero-order chi connectivity index (χ0) is 15.2. The van der Waals surface area contributed by atoms with Gasteiger partial charge in [0, 0.05) is 19.5 Å². The number of hydrogen-bond acceptors (Lipinski definition) is 3. The van der Waals surface area contributed by atoms with Gasteiger partial charge in [0.05, 0.1) is 11.1 Å². The number of carbonyl (C=O) groups is 3. The lowest BCUT2D eigenvalue weighted by molar-refractivity contribution is -0.121. The van der Waals surface area contributed by atoms with Crippen LogP contribution in [-0.2, 0) is 4.79 Å². The van der Waals surface area contributed by atoms with Crippen LogP contribution in [0.4, 0.5) is 0 Å². The summed E-state index contributed by atoms with van der Waals surface area (Å²) < 4.78 is 0. The average molecular weight is 288 g/mol. The van der Waals surface area contributed by atoms with Crippen molar-refractivity contribution in [3.8, 4) is 0 Å². The Labute approximate surface area is 124 Å². The van der Waals surface area contributed by atoms with Crippen LogP contribution in [-0.4, -0.2) is 35.7 Å². The van der Waals surface area contributed by atoms with E-state index in [1.807, 2.05) is 0 Å². The maximum atomic E-state index is 12.1. The summed E-state index contributed by atoms with van der Waals surface area (Å²) in [7, 11) is 0. The van der Waals surface area contributed by atoms with Crippen LogP contribution in [0.2, 0.25) is 0 Å². The van der Waals surface area contributed by atoms with Crippen LogP contribution in [0.15, 0.2) is 24.3 Å². The van der Waals surface area contributed by atoms with Gasteiger partial charge < -0.3 is 5.32 Å². The topological polar surface area (TPSA) is 66.5 Å². The van der Waals surface area contributed by atoms with E-state index in [0.29, 0.717) is 30.5 Å². The fourth-order valence-electron chi connectivity index (χ4n) is 2.33. The van der Waals surface area contributed by atoms with Crippen molar-refractivity contribution in [3.63, 3.8) is 0 Å². The van der Waals surface area contributed by atoms with E-state index in [1.54, 1.807) is 24.3 Å². The second-order valence-corrected chi connectivity index (χ2v) is 5.11. The van der Waals surface area contributed by atoms with Gasteiger partial charge in [-0.05, 0) is 25.0 Å². The van der Waals surface area contributed by atoms with Crippen LogP contribution in [0.25, 0.3) is 0 Å². The first kappa shape index (κ1) is 15.2. The van der Waals surface area contributed by atoms with E-state index in [2.05, 4.69) is 12.2 Å². The van der Waals surface area contributed by atoms with Crippen LogP contribution in [0.3, 0.4) is 0 Å². The minimum absolute atomic E-state index is 0.0277. The second-order valence-electron chi connectivity index (χ2n) is 5.11. The summed E-state index contributed by atoms with van der Waals surface area (Å²) in [6.07, 6.45) is 2.82. The summed E-state index contributed by atoms with van der Waals surface area (Å²) in [6, 6.07) is 6.81. The molecule has 0 saturated carbocycles. The second kappa shape index (κ2) is 7.02. The predicted molar refractivity (Wildman–Crippen MR) is 79.0 cm³/mol. The summed E-state index contributed by atoms with van der Waals surface area (Å²) in [5.74, 6) is -0.552. The van der Waals surface area contributed by atoms with Crippen molar-refractivity contribution in [1.82, 2.24) is 10.2 Å². The Morgan fingerprint density at radius 2 is 1.71 bits per heavy atom. The molecule has 1 N–H and O–H groups in total. The van der Waals surface area contributed by atoms with Crippen molar-refractivity contribution in [1.29, 1.82) is 0 Å². The molecule has 0 aromatic heterocycles. The molecule has 0 bridgehead atoms. The van der Waals surface area contributed by atoms with E-state index >= 15 is 0 Å². The molecule has 112 valence electrons. The number of fused-ring (bicyclic) bond motifs is 1. The van der Waals surface area contributed by atoms with Crippen molar-refractivity contribution in [2.45, 2.75) is 32.6 Å². The minimum atomic E-state index is -0.262. The lowest BCUT2D eigenvalue weighted by Gasteiger charge is -2.13. The molecule has 5 heteroatoms. The Kier molecular flexibility index (Phi) is 5.09. The van der Waals surface area contributed by atoms with E-state index in [4.69, 9.17) is 0 Å². The van der Waals surface area contributed by atoms with Gasteiger partial charge in [0.1, 0.15) is 0 Å². The van der Waals surface area contributed by atoms with Gasteiger partial charge in [-0.1, -0.05) is 25.5 Å². The third kappa shape index (κ3) is 3.48. The van der Waals surface area contributed by atoms with Crippen LogP contribution in [0, 0.1) is 0 Å². The molecule has 1 aliphatic heterocycles. The molecular formula is C16H20N2O3. The highest BCUT2D eigenvalue weighted by Gasteiger charge is 2.34. The molecule has 3 amide bonds. The van der Waals surface area contributed by atoms with E-state index in [9.17, 15) is 14.4 Å². The maximum absolute atomic E-state index is 12.1. The summed E-state index contributed by atoms with van der Waals surface area (Å²) >= 11 is 0. The van der Waals surface area contributed by atoms with Crippen LogP contribution < -0.4 is 5.32 Å². The van der Waals surface area contributed by atoms with Crippen molar-refractivity contribution in [3.05, 3.63) is 35.4 Å². The van der Waals surface area contributed by atoms with Crippen molar-refractivity contribution < 1.29 is 14.4 Å². The average Bonchev–Trinajstić information content (AvgIpc) is 2.73. The number of nitrogens with one attached hydrogen (secondary N) is 1. The number of nitrogens with zero attached hydrogens (tertiary/aromatic N) is 1. The number of unbranched alkanes of at least 4 members (excludes halogenated alkanes) is 1. The molecule has 0 aliphatic carbocycles. The van der Waals surface area contributed by atoms with Crippen molar-refractivity contribution in [2.24, 2.45) is 0 Å². The summed E-state index contributed by atoms with van der Waals surface area (Å²) in [5.41, 5.74) is 0.907. The molecule has 0 radical (unpaired) electrons. The first-order chi connectivity index (χ1) is 10.1. The molecule has 0 spiro atoms. The lowest BCUT2D eigenvalue weighted by Crippen LogP contribution is -2.32. The predicted octanol–water partition coefficient (Wildman–Crippen LogP) is 1.98. The van der Waals surface area contributed by atoms with E-state index in [0.717, 1.165) is 12.8 Å². The zero-order valence-corrected chi connectivity index (χ0v) is 12.2. The third-order valence-corrected chi connectivity index (χ3v) is 3.52. The van der Waals surface area contributed by atoms with Crippen LogP contribution in [0.5, 0.6) is 0 Å². The number of benzene rings is 1. The normalized spacial score (nSPS) is 13.5. The van der Waals surface area contributed by atoms with Gasteiger partial charge in [-0.2, -0.15) is 0 Å². The Balaban J connectivity index is 1.81. The molecule has 0 atom stereocenters. The molecule has 0 fully saturated rings. The number of hydrogen-bond donors (Lipinski definition) is 1. The highest BCUT2D eigenvalue weighted by atomic mass is 16.2. The fourth-order valence-corrected chi connectivity index (χ4v) is 2.33. The number of imide groups is 1. The largest absolute Gasteiger partial charge is 0.356 e. The highest BCUT2D eigenvalue weighted by molar-refractivity contribution is 6.21. The minimum Gasteiger partial charge on any atom is -0.356 e. The Bertz CT molecular complexity index is 519. The van der Waals surface area contributed by atoms with Gasteiger partial charge in [0.15, 0.2) is 0 Å². The molecule has 2 rings (SSSR count). The fraction of sp³-hybridized carbons (Fsp3) is 0.438. The number of carbonyl (C=O) groups excluding carboxylic acids is 3. The van der Waals surface area contributed by atoms with Crippen LogP contribution >= 0.6 is 0 Å². The standard InChI is InChI=1S/C16H20N2O3/c1-2-3-10-17-14(19)9-6-11-18-15(20)12-7-4-5-8-13(12)16(18)21/h4-5,7-8H,2-3,6,9-11H2,1H3,(H,17,19). The molecular weight excluding hydrogens is 268 g/mol. The molecule has 5 nitrogen and oxygen atoms in total. The Morgan fingerprint density at radius 1 is 1.10 bits per heavy atom. The van der Waals surface area contributed by atoms with E-state index in [-0.39, 0.29) is 24.3 Å². The monoisotopic (exact) mass is 288 g/mol. The highest BCUT2D eigenvalue weighted by Crippen LogP contribution is 2.22. The van der Waals surface area contributed by atoms with Gasteiger partial charge in [0.2, 0.25) is 5.91 Å². The van der Waals surface area contributed by atoms with Crippen LogP contribution in [0.1, 0.15) is 53.3 Å². The van der Waals surface area contributed by atoms with E-state index < -0.39 is 0 Å². The zero-order valence-electron chi connectivity index (χ0n) is 12.2. The van der Waals surface area contributed by atoms with Gasteiger partial charge in [0.25, 0.3) is 11.8 Å². The number of amides is 3. The van der Waals surface area contributed by atoms with Gasteiger partial charge in [-0.15, -0.1) is 0 Å². The van der Waals surface area contributed by atoms with Gasteiger partial charge in [-0.3, -0.25) is 19.3 Å². The molecule has 1 aliphatic rings. The first-order valence-corrected chi connectivity index (χ1v) is 7.37. The van der Waals surface area contributed by atoms with Crippen molar-refractivity contribution in [2.75, 3.05) is 13.1 Å². The summed E-state index contributed by atoms with van der Waals surface area (Å²) in [6.45, 7) is 3.03. The SMILES string of the molecule is CCCCNC(=O)CCCN1C(=O)c2ccccc2C1=O. The molecule has 0 saturated heterocycles. The summed E-state index contributed by atoms with van der Waals surface area (Å²) in [5, 5.41) is 2.82.